The summed E-state index contributed by atoms with van der Waals surface area (Å²) in [5, 5.41) is 10.4. The zero-order chi connectivity index (χ0) is 14.5. The topological polar surface area (TPSA) is 77.6 Å². The quantitative estimate of drug-likeness (QED) is 0.871. The van der Waals surface area contributed by atoms with E-state index in [1.54, 1.807) is 32.5 Å². The van der Waals surface area contributed by atoms with Gasteiger partial charge in [0.1, 0.15) is 5.82 Å². The lowest BCUT2D eigenvalue weighted by molar-refractivity contribution is 0.173. The molecule has 1 heterocycles. The number of anilines is 1. The number of aliphatic hydroxyl groups is 1. The van der Waals surface area contributed by atoms with Gasteiger partial charge in [-0.1, -0.05) is 12.1 Å². The molecular weight excluding hydrogens is 256 g/mol. The summed E-state index contributed by atoms with van der Waals surface area (Å²) in [5.41, 5.74) is 7.23. The van der Waals surface area contributed by atoms with Gasteiger partial charge in [0.25, 0.3) is 0 Å². The van der Waals surface area contributed by atoms with Crippen LogP contribution < -0.4 is 15.2 Å². The molecule has 0 fully saturated rings. The van der Waals surface area contributed by atoms with E-state index in [9.17, 15) is 5.11 Å². The van der Waals surface area contributed by atoms with E-state index in [2.05, 4.69) is 4.98 Å². The number of hydrogen-bond acceptors (Lipinski definition) is 5. The van der Waals surface area contributed by atoms with Gasteiger partial charge in [-0.3, -0.25) is 0 Å². The molecule has 106 valence electrons. The van der Waals surface area contributed by atoms with E-state index in [1.807, 2.05) is 18.2 Å². The second kappa shape index (κ2) is 6.25. The lowest BCUT2D eigenvalue weighted by atomic mass is 10.0. The molecule has 0 aliphatic heterocycles. The van der Waals surface area contributed by atoms with Crippen LogP contribution in [0.25, 0.3) is 0 Å². The van der Waals surface area contributed by atoms with Crippen molar-refractivity contribution in [2.45, 2.75) is 12.5 Å². The van der Waals surface area contributed by atoms with E-state index in [-0.39, 0.29) is 0 Å². The Morgan fingerprint density at radius 3 is 2.70 bits per heavy atom. The van der Waals surface area contributed by atoms with E-state index in [4.69, 9.17) is 15.2 Å². The number of nitrogen functional groups attached to an aromatic ring is 1. The molecule has 5 heteroatoms. The number of para-hydroxylation sites is 1. The van der Waals surface area contributed by atoms with Crippen LogP contribution in [0.4, 0.5) is 5.82 Å². The molecule has 0 aliphatic rings. The lowest BCUT2D eigenvalue weighted by Gasteiger charge is -2.17. The fourth-order valence-electron chi connectivity index (χ4n) is 2.13. The second-order valence-electron chi connectivity index (χ2n) is 4.39. The van der Waals surface area contributed by atoms with Crippen molar-refractivity contribution in [2.75, 3.05) is 20.0 Å². The largest absolute Gasteiger partial charge is 0.493 e. The first kappa shape index (κ1) is 14.1. The number of aliphatic hydroxyl groups excluding tert-OH is 1. The Bertz CT molecular complexity index is 587. The van der Waals surface area contributed by atoms with E-state index >= 15 is 0 Å². The van der Waals surface area contributed by atoms with Crippen LogP contribution in [0.3, 0.4) is 0 Å². The third-order valence-corrected chi connectivity index (χ3v) is 3.07. The molecule has 20 heavy (non-hydrogen) atoms. The second-order valence-corrected chi connectivity index (χ2v) is 4.39. The van der Waals surface area contributed by atoms with Gasteiger partial charge in [0.2, 0.25) is 0 Å². The predicted octanol–water partition coefficient (Wildman–Crippen LogP) is 1.96. The number of nitrogens with two attached hydrogens (primary N) is 1. The number of ether oxygens (including phenoxy) is 2. The maximum Gasteiger partial charge on any atom is 0.166 e. The zero-order valence-electron chi connectivity index (χ0n) is 11.5. The van der Waals surface area contributed by atoms with Gasteiger partial charge in [-0.2, -0.15) is 0 Å². The highest BCUT2D eigenvalue weighted by molar-refractivity contribution is 5.48. The maximum atomic E-state index is 10.4. The molecule has 0 radical (unpaired) electrons. The molecule has 0 aliphatic carbocycles. The number of aromatic nitrogens is 1. The van der Waals surface area contributed by atoms with Crippen LogP contribution in [-0.2, 0) is 6.42 Å². The van der Waals surface area contributed by atoms with Crippen molar-refractivity contribution >= 4 is 5.82 Å². The Morgan fingerprint density at radius 1 is 1.25 bits per heavy atom. The van der Waals surface area contributed by atoms with Crippen LogP contribution in [0.15, 0.2) is 36.5 Å². The van der Waals surface area contributed by atoms with Crippen molar-refractivity contribution in [2.24, 2.45) is 0 Å². The Balaban J connectivity index is 2.27. The number of pyridine rings is 1. The molecule has 0 saturated carbocycles. The predicted molar refractivity (Wildman–Crippen MR) is 76.9 cm³/mol. The minimum absolute atomic E-state index is 0.427. The average molecular weight is 274 g/mol. The molecule has 2 aromatic rings. The minimum atomic E-state index is -0.707. The van der Waals surface area contributed by atoms with E-state index in [1.165, 1.54) is 0 Å². The highest BCUT2D eigenvalue weighted by Crippen LogP contribution is 2.35. The molecule has 0 spiro atoms. The molecule has 5 nitrogen and oxygen atoms in total. The normalized spacial score (nSPS) is 11.9. The molecular formula is C15H18N2O3. The van der Waals surface area contributed by atoms with Crippen molar-refractivity contribution in [1.29, 1.82) is 0 Å². The Hall–Kier alpha value is -2.27. The molecule has 3 N–H and O–H groups in total. The third kappa shape index (κ3) is 3.00. The molecule has 0 saturated heterocycles. The van der Waals surface area contributed by atoms with Crippen LogP contribution in [-0.4, -0.2) is 24.3 Å². The van der Waals surface area contributed by atoms with E-state index < -0.39 is 6.10 Å². The van der Waals surface area contributed by atoms with Gasteiger partial charge in [0.15, 0.2) is 11.5 Å². The van der Waals surface area contributed by atoms with Crippen LogP contribution in [0.5, 0.6) is 11.5 Å². The standard InChI is InChI=1S/C15H18N2O3/c1-19-13-5-3-4-11(15(13)20-2)12(18)8-10-6-7-17-14(16)9-10/h3-7,9,12,18H,8H2,1-2H3,(H2,16,17). The SMILES string of the molecule is COc1cccc(C(O)Cc2ccnc(N)c2)c1OC. The van der Waals surface area contributed by atoms with Crippen LogP contribution in [0.1, 0.15) is 17.2 Å². The van der Waals surface area contributed by atoms with Crippen molar-refractivity contribution in [3.8, 4) is 11.5 Å². The van der Waals surface area contributed by atoms with Gasteiger partial charge in [-0.25, -0.2) is 4.98 Å². The van der Waals surface area contributed by atoms with E-state index in [0.29, 0.717) is 29.3 Å². The minimum Gasteiger partial charge on any atom is -0.493 e. The number of hydrogen-bond donors (Lipinski definition) is 2. The summed E-state index contributed by atoms with van der Waals surface area (Å²) < 4.78 is 10.6. The summed E-state index contributed by atoms with van der Waals surface area (Å²) in [6.07, 6.45) is 1.35. The molecule has 0 bridgehead atoms. The van der Waals surface area contributed by atoms with Gasteiger partial charge in [0, 0.05) is 18.2 Å². The van der Waals surface area contributed by atoms with Crippen LogP contribution in [0, 0.1) is 0 Å². The number of methoxy groups -OCH3 is 2. The molecule has 1 atom stereocenters. The first-order valence-electron chi connectivity index (χ1n) is 6.25. The summed E-state index contributed by atoms with van der Waals surface area (Å²) in [6, 6.07) is 9.00. The highest BCUT2D eigenvalue weighted by Gasteiger charge is 2.17. The highest BCUT2D eigenvalue weighted by atomic mass is 16.5. The Labute approximate surface area is 118 Å². The average Bonchev–Trinajstić information content (AvgIpc) is 2.46. The van der Waals surface area contributed by atoms with Crippen LogP contribution in [0.2, 0.25) is 0 Å². The molecule has 1 aromatic carbocycles. The first-order chi connectivity index (χ1) is 9.65. The zero-order valence-corrected chi connectivity index (χ0v) is 11.5. The van der Waals surface area contributed by atoms with Gasteiger partial charge in [-0.15, -0.1) is 0 Å². The van der Waals surface area contributed by atoms with Crippen molar-refractivity contribution in [3.05, 3.63) is 47.7 Å². The lowest BCUT2D eigenvalue weighted by Crippen LogP contribution is -2.06. The first-order valence-corrected chi connectivity index (χ1v) is 6.25. The van der Waals surface area contributed by atoms with Crippen molar-refractivity contribution in [3.63, 3.8) is 0 Å². The van der Waals surface area contributed by atoms with E-state index in [0.717, 1.165) is 5.56 Å². The van der Waals surface area contributed by atoms with Crippen molar-refractivity contribution < 1.29 is 14.6 Å². The smallest absolute Gasteiger partial charge is 0.166 e. The Morgan fingerprint density at radius 2 is 2.05 bits per heavy atom. The van der Waals surface area contributed by atoms with Gasteiger partial charge in [-0.05, 0) is 23.8 Å². The van der Waals surface area contributed by atoms with Crippen molar-refractivity contribution in [1.82, 2.24) is 4.98 Å². The maximum absolute atomic E-state index is 10.4. The van der Waals surface area contributed by atoms with Gasteiger partial charge in [0.05, 0.1) is 20.3 Å². The number of rotatable bonds is 5. The fraction of sp³-hybridized carbons (Fsp3) is 0.267. The number of benzene rings is 1. The summed E-state index contributed by atoms with van der Waals surface area (Å²) in [5.74, 6) is 1.58. The summed E-state index contributed by atoms with van der Waals surface area (Å²) >= 11 is 0. The summed E-state index contributed by atoms with van der Waals surface area (Å²) in [7, 11) is 3.12. The number of nitrogens with zero attached hydrogens (tertiary/aromatic N) is 1. The monoisotopic (exact) mass is 274 g/mol. The fourth-order valence-corrected chi connectivity index (χ4v) is 2.13. The third-order valence-electron chi connectivity index (χ3n) is 3.07. The molecule has 2 rings (SSSR count). The molecule has 1 unspecified atom stereocenters. The van der Waals surface area contributed by atoms with Gasteiger partial charge < -0.3 is 20.3 Å². The summed E-state index contributed by atoms with van der Waals surface area (Å²) in [4.78, 5) is 3.93. The van der Waals surface area contributed by atoms with Gasteiger partial charge >= 0.3 is 0 Å². The molecule has 0 amide bonds. The van der Waals surface area contributed by atoms with Crippen LogP contribution >= 0.6 is 0 Å². The Kier molecular flexibility index (Phi) is 4.42. The molecule has 1 aromatic heterocycles. The summed E-state index contributed by atoms with van der Waals surface area (Å²) in [6.45, 7) is 0.